The molecule has 0 radical (unpaired) electrons. The van der Waals surface area contributed by atoms with Gasteiger partial charge in [0.2, 0.25) is 0 Å². The fourth-order valence-electron chi connectivity index (χ4n) is 4.24. The van der Waals surface area contributed by atoms with Gasteiger partial charge in [0, 0.05) is 29.0 Å². The normalized spacial score (nSPS) is 12.0. The minimum atomic E-state index is -0.0255. The summed E-state index contributed by atoms with van der Waals surface area (Å²) in [5.41, 5.74) is 4.59. The first kappa shape index (κ1) is 22.7. The van der Waals surface area contributed by atoms with Crippen LogP contribution in [-0.4, -0.2) is 19.1 Å². The average Bonchev–Trinajstić information content (AvgIpc) is 3.26. The molecule has 1 N–H and O–H groups in total. The van der Waals surface area contributed by atoms with Gasteiger partial charge in [-0.1, -0.05) is 62.7 Å². The summed E-state index contributed by atoms with van der Waals surface area (Å²) in [6, 6.07) is 24.2. The smallest absolute Gasteiger partial charge is 0.251 e. The van der Waals surface area contributed by atoms with Crippen molar-refractivity contribution in [2.24, 2.45) is 0 Å². The molecule has 1 unspecified atom stereocenters. The third-order valence-electron chi connectivity index (χ3n) is 6.01. The van der Waals surface area contributed by atoms with E-state index in [0.29, 0.717) is 12.0 Å². The molecule has 1 amide bonds. The van der Waals surface area contributed by atoms with E-state index in [0.717, 1.165) is 58.4 Å². The van der Waals surface area contributed by atoms with E-state index >= 15 is 0 Å². The van der Waals surface area contributed by atoms with E-state index in [-0.39, 0.29) is 11.9 Å². The van der Waals surface area contributed by atoms with Crippen molar-refractivity contribution >= 4 is 16.9 Å². The molecule has 4 heteroatoms. The lowest BCUT2D eigenvalue weighted by Gasteiger charge is -2.16. The Balaban J connectivity index is 1.62. The van der Waals surface area contributed by atoms with Crippen LogP contribution in [0.15, 0.2) is 77.2 Å². The van der Waals surface area contributed by atoms with E-state index in [4.69, 9.17) is 9.15 Å². The van der Waals surface area contributed by atoms with Gasteiger partial charge in [-0.05, 0) is 54.3 Å². The highest BCUT2D eigenvalue weighted by molar-refractivity contribution is 5.98. The highest BCUT2D eigenvalue weighted by Crippen LogP contribution is 2.32. The van der Waals surface area contributed by atoms with Gasteiger partial charge in [0.15, 0.2) is 0 Å². The van der Waals surface area contributed by atoms with Crippen LogP contribution in [0.1, 0.15) is 54.8 Å². The van der Waals surface area contributed by atoms with E-state index < -0.39 is 0 Å². The molecule has 0 fully saturated rings. The van der Waals surface area contributed by atoms with Crippen molar-refractivity contribution in [1.29, 1.82) is 0 Å². The molecular weight excluding hydrogens is 410 g/mol. The van der Waals surface area contributed by atoms with Gasteiger partial charge in [-0.3, -0.25) is 4.79 Å². The summed E-state index contributed by atoms with van der Waals surface area (Å²) in [6.07, 6.45) is 3.66. The highest BCUT2D eigenvalue weighted by Gasteiger charge is 2.15. The monoisotopic (exact) mass is 441 g/mol. The Kier molecular flexibility index (Phi) is 7.13. The molecule has 1 heterocycles. The largest absolute Gasteiger partial charge is 0.497 e. The zero-order valence-corrected chi connectivity index (χ0v) is 19.6. The topological polar surface area (TPSA) is 51.5 Å². The van der Waals surface area contributed by atoms with Gasteiger partial charge in [-0.15, -0.1) is 0 Å². The molecule has 4 rings (SSSR count). The Morgan fingerprint density at radius 3 is 2.61 bits per heavy atom. The van der Waals surface area contributed by atoms with Crippen molar-refractivity contribution in [3.05, 3.63) is 89.7 Å². The van der Waals surface area contributed by atoms with Gasteiger partial charge in [0.25, 0.3) is 5.91 Å². The number of para-hydroxylation sites is 1. The Morgan fingerprint density at radius 2 is 1.82 bits per heavy atom. The number of rotatable bonds is 9. The lowest BCUT2D eigenvalue weighted by molar-refractivity contribution is 0.0933. The summed E-state index contributed by atoms with van der Waals surface area (Å²) in [7, 11) is 1.67. The van der Waals surface area contributed by atoms with Crippen LogP contribution in [0, 0.1) is 0 Å². The molecule has 1 atom stereocenters. The van der Waals surface area contributed by atoms with Gasteiger partial charge in [-0.25, -0.2) is 0 Å². The second kappa shape index (κ2) is 10.4. The number of nitrogens with one attached hydrogen (secondary N) is 1. The first-order chi connectivity index (χ1) is 16.1. The van der Waals surface area contributed by atoms with Gasteiger partial charge < -0.3 is 14.5 Å². The average molecular weight is 442 g/mol. The predicted octanol–water partition coefficient (Wildman–Crippen LogP) is 7.01. The number of carbonyl (C=O) groups excluding carboxylic acids is 1. The minimum absolute atomic E-state index is 0.0255. The molecule has 3 aromatic carbocycles. The quantitative estimate of drug-likeness (QED) is 0.304. The van der Waals surface area contributed by atoms with Crippen LogP contribution in [0.25, 0.3) is 22.1 Å². The maximum atomic E-state index is 12.9. The molecular formula is C29H31NO3. The van der Waals surface area contributed by atoms with Crippen LogP contribution in [0.2, 0.25) is 0 Å². The van der Waals surface area contributed by atoms with E-state index in [9.17, 15) is 4.79 Å². The van der Waals surface area contributed by atoms with Crippen molar-refractivity contribution in [2.75, 3.05) is 7.11 Å². The van der Waals surface area contributed by atoms with Crippen LogP contribution >= 0.6 is 0 Å². The molecule has 4 nitrogen and oxygen atoms in total. The van der Waals surface area contributed by atoms with E-state index in [1.807, 2.05) is 54.6 Å². The molecule has 0 saturated carbocycles. The molecule has 33 heavy (non-hydrogen) atoms. The van der Waals surface area contributed by atoms with Crippen molar-refractivity contribution in [1.82, 2.24) is 5.32 Å². The maximum absolute atomic E-state index is 12.9. The van der Waals surface area contributed by atoms with Crippen LogP contribution in [0.4, 0.5) is 0 Å². The van der Waals surface area contributed by atoms with Gasteiger partial charge in [-0.2, -0.15) is 0 Å². The number of benzene rings is 3. The number of amides is 1. The Bertz CT molecular complexity index is 1240. The molecule has 1 aromatic heterocycles. The summed E-state index contributed by atoms with van der Waals surface area (Å²) < 4.78 is 11.6. The third kappa shape index (κ3) is 5.28. The molecule has 0 bridgehead atoms. The summed E-state index contributed by atoms with van der Waals surface area (Å²) in [4.78, 5) is 12.9. The van der Waals surface area contributed by atoms with Crippen LogP contribution in [0.5, 0.6) is 5.75 Å². The number of furan rings is 1. The van der Waals surface area contributed by atoms with Crippen molar-refractivity contribution in [3.63, 3.8) is 0 Å². The second-order valence-corrected chi connectivity index (χ2v) is 8.41. The maximum Gasteiger partial charge on any atom is 0.251 e. The number of fused-ring (bicyclic) bond motifs is 1. The van der Waals surface area contributed by atoms with Crippen molar-refractivity contribution in [3.8, 4) is 16.9 Å². The lowest BCUT2D eigenvalue weighted by atomic mass is 10.0. The van der Waals surface area contributed by atoms with Crippen molar-refractivity contribution < 1.29 is 13.9 Å². The van der Waals surface area contributed by atoms with Crippen LogP contribution in [0.3, 0.4) is 0 Å². The SMILES string of the molecule is CCCC(CC)NC(=O)c1cccc(-c2cccc3cc(Cc4cccc(OC)c4)oc23)c1. The van der Waals surface area contributed by atoms with Crippen molar-refractivity contribution in [2.45, 2.75) is 45.6 Å². The van der Waals surface area contributed by atoms with Gasteiger partial charge in [0.05, 0.1) is 7.11 Å². The number of methoxy groups -OCH3 is 1. The molecule has 170 valence electrons. The number of hydrogen-bond acceptors (Lipinski definition) is 3. The van der Waals surface area contributed by atoms with Crippen LogP contribution < -0.4 is 10.1 Å². The fourth-order valence-corrected chi connectivity index (χ4v) is 4.24. The Labute approximate surface area is 195 Å². The molecule has 0 saturated heterocycles. The predicted molar refractivity (Wildman–Crippen MR) is 134 cm³/mol. The van der Waals surface area contributed by atoms with Gasteiger partial charge in [0.1, 0.15) is 17.1 Å². The molecule has 4 aromatic rings. The molecule has 0 spiro atoms. The zero-order valence-electron chi connectivity index (χ0n) is 19.6. The number of carbonyl (C=O) groups is 1. The Hall–Kier alpha value is -3.53. The van der Waals surface area contributed by atoms with E-state index in [2.05, 4.69) is 37.4 Å². The molecule has 0 aliphatic carbocycles. The van der Waals surface area contributed by atoms with E-state index in [1.54, 1.807) is 7.11 Å². The first-order valence-electron chi connectivity index (χ1n) is 11.7. The number of ether oxygens (including phenoxy) is 1. The highest BCUT2D eigenvalue weighted by atomic mass is 16.5. The Morgan fingerprint density at radius 1 is 1.00 bits per heavy atom. The van der Waals surface area contributed by atoms with Crippen LogP contribution in [-0.2, 0) is 6.42 Å². The summed E-state index contributed by atoms with van der Waals surface area (Å²) in [5.74, 6) is 1.70. The van der Waals surface area contributed by atoms with Gasteiger partial charge >= 0.3 is 0 Å². The second-order valence-electron chi connectivity index (χ2n) is 8.41. The standard InChI is InChI=1S/C29H31NO3/c1-4-9-24(5-2)30-29(31)23-13-7-11-21(18-23)27-15-8-12-22-19-26(33-28(22)27)17-20-10-6-14-25(16-20)32-3/h6-8,10-16,18-19,24H,4-5,9,17H2,1-3H3,(H,30,31). The number of hydrogen-bond donors (Lipinski definition) is 1. The summed E-state index contributed by atoms with van der Waals surface area (Å²) in [5, 5.41) is 4.22. The summed E-state index contributed by atoms with van der Waals surface area (Å²) in [6.45, 7) is 4.25. The fraction of sp³-hybridized carbons (Fsp3) is 0.276. The first-order valence-corrected chi connectivity index (χ1v) is 11.7. The molecule has 0 aliphatic rings. The van der Waals surface area contributed by atoms with E-state index in [1.165, 1.54) is 0 Å². The third-order valence-corrected chi connectivity index (χ3v) is 6.01. The minimum Gasteiger partial charge on any atom is -0.497 e. The molecule has 0 aliphatic heterocycles. The summed E-state index contributed by atoms with van der Waals surface area (Å²) >= 11 is 0. The lowest BCUT2D eigenvalue weighted by Crippen LogP contribution is -2.34. The zero-order chi connectivity index (χ0) is 23.2.